The molecule has 4 aromatic rings. The number of fused-ring (bicyclic) bond motifs is 4. The fourth-order valence-electron chi connectivity index (χ4n) is 3.07. The minimum atomic E-state index is -0.138. The lowest BCUT2D eigenvalue weighted by molar-refractivity contribution is -0.335. The summed E-state index contributed by atoms with van der Waals surface area (Å²) in [5.74, 6) is 1.36. The SMILES string of the molecule is CC(C)C(N)=CC(N)=Nc1[nH+]c2nc3ccccc3c(=O)n2c2ccccc12. The van der Waals surface area contributed by atoms with E-state index in [1.807, 2.05) is 56.3 Å². The summed E-state index contributed by atoms with van der Waals surface area (Å²) in [6.45, 7) is 3.97. The predicted octanol–water partition coefficient (Wildman–Crippen LogP) is 2.30. The number of aliphatic imine (C=N–C) groups is 1. The highest BCUT2D eigenvalue weighted by molar-refractivity contribution is 5.97. The van der Waals surface area contributed by atoms with Crippen molar-refractivity contribution in [2.75, 3.05) is 0 Å². The highest BCUT2D eigenvalue weighted by Gasteiger charge is 2.18. The Balaban J connectivity index is 2.06. The Hall–Kier alpha value is -3.74. The van der Waals surface area contributed by atoms with Gasteiger partial charge in [0.1, 0.15) is 11.0 Å². The van der Waals surface area contributed by atoms with Crippen LogP contribution in [0.5, 0.6) is 0 Å². The summed E-state index contributed by atoms with van der Waals surface area (Å²) in [4.78, 5) is 25.3. The molecule has 7 heteroatoms. The lowest BCUT2D eigenvalue weighted by Crippen LogP contribution is -2.24. The first-order valence-electron chi connectivity index (χ1n) is 9.02. The molecule has 7 nitrogen and oxygen atoms in total. The molecule has 0 aliphatic rings. The summed E-state index contributed by atoms with van der Waals surface area (Å²) in [6, 6.07) is 14.8. The van der Waals surface area contributed by atoms with Gasteiger partial charge in [-0.1, -0.05) is 38.1 Å². The molecule has 2 heterocycles. The fourth-order valence-corrected chi connectivity index (χ4v) is 3.07. The fraction of sp³-hybridized carbons (Fsp3) is 0.143. The third-order valence-electron chi connectivity index (χ3n) is 4.63. The smallest absolute Gasteiger partial charge is 0.360 e. The lowest BCUT2D eigenvalue weighted by Gasteiger charge is -2.05. The third kappa shape index (κ3) is 2.96. The Morgan fingerprint density at radius 3 is 2.54 bits per heavy atom. The Kier molecular flexibility index (Phi) is 4.27. The van der Waals surface area contributed by atoms with Crippen LogP contribution in [0.15, 0.2) is 70.1 Å². The van der Waals surface area contributed by atoms with Crippen molar-refractivity contribution in [2.45, 2.75) is 13.8 Å². The standard InChI is InChI=1S/C21H20N6O/c1-12(2)15(22)11-18(23)25-19-14-8-4-6-10-17(14)27-20(28)13-7-3-5-9-16(13)24-21(27)26-19/h3-12H,22H2,1-2H3,(H2,23,24,25,26)/p+1. The van der Waals surface area contributed by atoms with Crippen molar-refractivity contribution in [2.24, 2.45) is 22.4 Å². The van der Waals surface area contributed by atoms with E-state index >= 15 is 0 Å². The van der Waals surface area contributed by atoms with Crippen molar-refractivity contribution in [3.63, 3.8) is 0 Å². The Labute approximate surface area is 161 Å². The number of rotatable bonds is 3. The molecule has 140 valence electrons. The monoisotopic (exact) mass is 373 g/mol. The normalized spacial score (nSPS) is 13.1. The molecule has 4 rings (SSSR count). The molecule has 0 aliphatic carbocycles. The van der Waals surface area contributed by atoms with E-state index in [-0.39, 0.29) is 17.3 Å². The number of para-hydroxylation sites is 2. The largest absolute Gasteiger partial charge is 0.402 e. The first-order chi connectivity index (χ1) is 13.5. The van der Waals surface area contributed by atoms with E-state index in [2.05, 4.69) is 15.0 Å². The number of aromatic nitrogens is 3. The molecule has 2 aromatic heterocycles. The van der Waals surface area contributed by atoms with Gasteiger partial charge in [0.25, 0.3) is 0 Å². The molecule has 2 aromatic carbocycles. The van der Waals surface area contributed by atoms with Gasteiger partial charge in [-0.3, -0.25) is 4.79 Å². The summed E-state index contributed by atoms with van der Waals surface area (Å²) in [6.07, 6.45) is 1.65. The molecule has 0 unspecified atom stereocenters. The zero-order valence-corrected chi connectivity index (χ0v) is 15.7. The number of hydrogen-bond donors (Lipinski definition) is 2. The molecule has 0 aliphatic heterocycles. The Bertz CT molecular complexity index is 1330. The lowest BCUT2D eigenvalue weighted by atomic mass is 10.1. The van der Waals surface area contributed by atoms with Gasteiger partial charge in [-0.05, 0) is 30.2 Å². The highest BCUT2D eigenvalue weighted by atomic mass is 16.1. The first-order valence-corrected chi connectivity index (χ1v) is 9.02. The highest BCUT2D eigenvalue weighted by Crippen LogP contribution is 2.22. The number of benzene rings is 2. The van der Waals surface area contributed by atoms with E-state index in [9.17, 15) is 4.79 Å². The minimum Gasteiger partial charge on any atom is -0.402 e. The molecule has 0 atom stereocenters. The van der Waals surface area contributed by atoms with Crippen LogP contribution in [0, 0.1) is 5.92 Å². The van der Waals surface area contributed by atoms with Gasteiger partial charge in [-0.15, -0.1) is 9.98 Å². The van der Waals surface area contributed by atoms with E-state index in [0.717, 1.165) is 5.39 Å². The van der Waals surface area contributed by atoms with Gasteiger partial charge in [0, 0.05) is 11.8 Å². The predicted molar refractivity (Wildman–Crippen MR) is 111 cm³/mol. The topological polar surface area (TPSA) is 113 Å². The van der Waals surface area contributed by atoms with Crippen molar-refractivity contribution in [1.29, 1.82) is 0 Å². The van der Waals surface area contributed by atoms with Crippen LogP contribution in [0.4, 0.5) is 5.82 Å². The number of allylic oxidation sites excluding steroid dienone is 1. The second-order valence-corrected chi connectivity index (χ2v) is 6.92. The molecule has 0 bridgehead atoms. The van der Waals surface area contributed by atoms with Crippen molar-refractivity contribution >= 4 is 39.2 Å². The third-order valence-corrected chi connectivity index (χ3v) is 4.63. The van der Waals surface area contributed by atoms with Crippen LogP contribution in [0.3, 0.4) is 0 Å². The maximum Gasteiger partial charge on any atom is 0.360 e. The number of aromatic amines is 1. The number of H-pyrrole nitrogens is 1. The summed E-state index contributed by atoms with van der Waals surface area (Å²) < 4.78 is 1.56. The molecule has 0 spiro atoms. The van der Waals surface area contributed by atoms with Crippen molar-refractivity contribution in [3.05, 3.63) is 70.7 Å². The van der Waals surface area contributed by atoms with Crippen LogP contribution in [0.2, 0.25) is 0 Å². The molecule has 0 radical (unpaired) electrons. The van der Waals surface area contributed by atoms with Gasteiger partial charge in [0.2, 0.25) is 5.82 Å². The van der Waals surface area contributed by atoms with Gasteiger partial charge in [-0.2, -0.15) is 4.40 Å². The van der Waals surface area contributed by atoms with Crippen molar-refractivity contribution < 1.29 is 4.98 Å². The number of hydrogen-bond acceptors (Lipinski definition) is 4. The van der Waals surface area contributed by atoms with Crippen LogP contribution in [-0.2, 0) is 0 Å². The number of nitrogens with zero attached hydrogens (tertiary/aromatic N) is 3. The molecular formula is C21H21N6O+. The van der Waals surface area contributed by atoms with E-state index in [1.165, 1.54) is 0 Å². The number of amidine groups is 1. The van der Waals surface area contributed by atoms with Crippen LogP contribution in [0.25, 0.3) is 27.6 Å². The van der Waals surface area contributed by atoms with Crippen LogP contribution in [-0.4, -0.2) is 15.2 Å². The molecule has 0 saturated carbocycles. The molecule has 0 fully saturated rings. The van der Waals surface area contributed by atoms with Gasteiger partial charge < -0.3 is 11.5 Å². The average Bonchev–Trinajstić information content (AvgIpc) is 2.68. The Morgan fingerprint density at radius 2 is 1.79 bits per heavy atom. The summed E-state index contributed by atoms with van der Waals surface area (Å²) in [5.41, 5.74) is 13.9. The molecular weight excluding hydrogens is 352 g/mol. The second-order valence-electron chi connectivity index (χ2n) is 6.92. The van der Waals surface area contributed by atoms with E-state index in [4.69, 9.17) is 11.5 Å². The van der Waals surface area contributed by atoms with Crippen LogP contribution >= 0.6 is 0 Å². The van der Waals surface area contributed by atoms with Gasteiger partial charge in [0.15, 0.2) is 5.84 Å². The second kappa shape index (κ2) is 6.77. The number of nitrogens with two attached hydrogens (primary N) is 2. The zero-order valence-electron chi connectivity index (χ0n) is 15.7. The summed E-state index contributed by atoms with van der Waals surface area (Å²) >= 11 is 0. The van der Waals surface area contributed by atoms with Gasteiger partial charge in [-0.25, -0.2) is 4.98 Å². The molecule has 28 heavy (non-hydrogen) atoms. The van der Waals surface area contributed by atoms with E-state index < -0.39 is 0 Å². The summed E-state index contributed by atoms with van der Waals surface area (Å²) in [7, 11) is 0. The van der Waals surface area contributed by atoms with Gasteiger partial charge >= 0.3 is 11.3 Å². The minimum absolute atomic E-state index is 0.138. The Morgan fingerprint density at radius 1 is 1.11 bits per heavy atom. The molecule has 5 N–H and O–H groups in total. The van der Waals surface area contributed by atoms with Crippen molar-refractivity contribution in [3.8, 4) is 0 Å². The van der Waals surface area contributed by atoms with Crippen LogP contribution < -0.4 is 22.0 Å². The van der Waals surface area contributed by atoms with Crippen molar-refractivity contribution in [1.82, 2.24) is 9.38 Å². The van der Waals surface area contributed by atoms with E-state index in [1.54, 1.807) is 16.5 Å². The zero-order chi connectivity index (χ0) is 19.8. The van der Waals surface area contributed by atoms with Gasteiger partial charge in [0.05, 0.1) is 10.8 Å². The average molecular weight is 373 g/mol. The molecule has 0 saturated heterocycles. The molecule has 0 amide bonds. The van der Waals surface area contributed by atoms with Crippen LogP contribution in [0.1, 0.15) is 13.8 Å². The van der Waals surface area contributed by atoms with E-state index in [0.29, 0.717) is 33.7 Å². The summed E-state index contributed by atoms with van der Waals surface area (Å²) in [5, 5.41) is 1.32. The quantitative estimate of drug-likeness (QED) is 0.248. The first kappa shape index (κ1) is 17.7. The maximum atomic E-state index is 13.1. The number of nitrogens with one attached hydrogen (secondary N) is 1. The maximum absolute atomic E-state index is 13.1.